The van der Waals surface area contributed by atoms with Gasteiger partial charge in [0, 0.05) is 23.6 Å². The number of methoxy groups -OCH3 is 1. The van der Waals surface area contributed by atoms with E-state index in [4.69, 9.17) is 4.74 Å². The van der Waals surface area contributed by atoms with Crippen molar-refractivity contribution in [1.82, 2.24) is 9.88 Å². The highest BCUT2D eigenvalue weighted by Gasteiger charge is 2.32. The number of carbonyl (C=O) groups is 2. The van der Waals surface area contributed by atoms with Crippen LogP contribution in [0, 0.1) is 0 Å². The molecule has 1 saturated heterocycles. The van der Waals surface area contributed by atoms with Gasteiger partial charge in [-0.15, -0.1) is 0 Å². The number of amides is 1. The van der Waals surface area contributed by atoms with Crippen LogP contribution in [-0.4, -0.2) is 41.5 Å². The number of benzene rings is 1. The number of rotatable bonds is 3. The summed E-state index contributed by atoms with van der Waals surface area (Å²) in [4.78, 5) is 29.4. The molecule has 116 valence electrons. The normalized spacial score (nSPS) is 18.4. The lowest BCUT2D eigenvalue weighted by Crippen LogP contribution is -2.49. The van der Waals surface area contributed by atoms with Gasteiger partial charge in [0.2, 0.25) is 5.91 Å². The molecule has 0 spiro atoms. The second-order valence-corrected chi connectivity index (χ2v) is 5.66. The Labute approximate surface area is 129 Å². The van der Waals surface area contributed by atoms with Gasteiger partial charge in [-0.25, -0.2) is 4.79 Å². The number of nitrogens with one attached hydrogen (secondary N) is 1. The molecule has 2 heterocycles. The third kappa shape index (κ3) is 2.71. The zero-order valence-electron chi connectivity index (χ0n) is 12.7. The Kier molecular flexibility index (Phi) is 4.13. The van der Waals surface area contributed by atoms with Gasteiger partial charge in [0.05, 0.1) is 13.5 Å². The number of likely N-dealkylation sites (tertiary alicyclic amines) is 1. The first-order chi connectivity index (χ1) is 10.7. The SMILES string of the molecule is COC(=O)C1CCCCN1C(=O)Cc1c[nH]c2ccccc12. The van der Waals surface area contributed by atoms with E-state index in [9.17, 15) is 9.59 Å². The molecule has 1 aromatic carbocycles. The number of carbonyl (C=O) groups excluding carboxylic acids is 2. The third-order valence-corrected chi connectivity index (χ3v) is 4.31. The van der Waals surface area contributed by atoms with Gasteiger partial charge in [-0.2, -0.15) is 0 Å². The van der Waals surface area contributed by atoms with Crippen molar-refractivity contribution in [3.05, 3.63) is 36.0 Å². The number of piperidine rings is 1. The van der Waals surface area contributed by atoms with Crippen molar-refractivity contribution >= 4 is 22.8 Å². The standard InChI is InChI=1S/C17H20N2O3/c1-22-17(21)15-8-4-5-9-19(15)16(20)10-12-11-18-14-7-3-2-6-13(12)14/h2-3,6-7,11,15,18H,4-5,8-10H2,1H3. The van der Waals surface area contributed by atoms with Crippen LogP contribution in [0.5, 0.6) is 0 Å². The maximum absolute atomic E-state index is 12.6. The number of fused-ring (bicyclic) bond motifs is 1. The zero-order valence-corrected chi connectivity index (χ0v) is 12.7. The molecule has 3 rings (SSSR count). The molecular weight excluding hydrogens is 280 g/mol. The number of esters is 1. The van der Waals surface area contributed by atoms with Crippen LogP contribution < -0.4 is 0 Å². The number of aromatic nitrogens is 1. The third-order valence-electron chi connectivity index (χ3n) is 4.31. The predicted octanol–water partition coefficient (Wildman–Crippen LogP) is 2.26. The Morgan fingerprint density at radius 2 is 2.14 bits per heavy atom. The fourth-order valence-electron chi connectivity index (χ4n) is 3.15. The molecule has 1 atom stereocenters. The second-order valence-electron chi connectivity index (χ2n) is 5.66. The van der Waals surface area contributed by atoms with Crippen molar-refractivity contribution < 1.29 is 14.3 Å². The van der Waals surface area contributed by atoms with Crippen LogP contribution >= 0.6 is 0 Å². The van der Waals surface area contributed by atoms with Crippen molar-refractivity contribution in [1.29, 1.82) is 0 Å². The lowest BCUT2D eigenvalue weighted by molar-refractivity contribution is -0.154. The van der Waals surface area contributed by atoms with Crippen LogP contribution in [0.3, 0.4) is 0 Å². The van der Waals surface area contributed by atoms with Gasteiger partial charge in [-0.05, 0) is 30.9 Å². The van der Waals surface area contributed by atoms with Gasteiger partial charge in [-0.1, -0.05) is 18.2 Å². The van der Waals surface area contributed by atoms with Crippen LogP contribution in [0.25, 0.3) is 10.9 Å². The van der Waals surface area contributed by atoms with Crippen molar-refractivity contribution in [2.24, 2.45) is 0 Å². The first-order valence-corrected chi connectivity index (χ1v) is 7.63. The Morgan fingerprint density at radius 3 is 2.95 bits per heavy atom. The minimum Gasteiger partial charge on any atom is -0.467 e. The first kappa shape index (κ1) is 14.6. The number of aromatic amines is 1. The predicted molar refractivity (Wildman–Crippen MR) is 83.4 cm³/mol. The Morgan fingerprint density at radius 1 is 1.32 bits per heavy atom. The number of hydrogen-bond acceptors (Lipinski definition) is 3. The molecule has 0 saturated carbocycles. The van der Waals surface area contributed by atoms with Crippen molar-refractivity contribution in [2.75, 3.05) is 13.7 Å². The molecule has 22 heavy (non-hydrogen) atoms. The Balaban J connectivity index is 1.79. The van der Waals surface area contributed by atoms with Crippen LogP contribution in [0.1, 0.15) is 24.8 Å². The molecular formula is C17H20N2O3. The summed E-state index contributed by atoms with van der Waals surface area (Å²) in [5.74, 6) is -0.327. The summed E-state index contributed by atoms with van der Waals surface area (Å²) in [7, 11) is 1.37. The molecule has 1 unspecified atom stereocenters. The highest BCUT2D eigenvalue weighted by atomic mass is 16.5. The van der Waals surface area contributed by atoms with E-state index in [1.807, 2.05) is 30.5 Å². The second kappa shape index (κ2) is 6.22. The van der Waals surface area contributed by atoms with E-state index in [1.165, 1.54) is 7.11 Å². The van der Waals surface area contributed by atoms with E-state index in [0.29, 0.717) is 19.4 Å². The van der Waals surface area contributed by atoms with Crippen molar-refractivity contribution in [3.8, 4) is 0 Å². The largest absolute Gasteiger partial charge is 0.467 e. The fraction of sp³-hybridized carbons (Fsp3) is 0.412. The molecule has 1 aromatic heterocycles. The number of nitrogens with zero attached hydrogens (tertiary/aromatic N) is 1. The average molecular weight is 300 g/mol. The van der Waals surface area contributed by atoms with Gasteiger partial charge in [0.15, 0.2) is 0 Å². The van der Waals surface area contributed by atoms with E-state index in [-0.39, 0.29) is 11.9 Å². The summed E-state index contributed by atoms with van der Waals surface area (Å²) < 4.78 is 4.84. The first-order valence-electron chi connectivity index (χ1n) is 7.63. The van der Waals surface area contributed by atoms with Gasteiger partial charge < -0.3 is 14.6 Å². The Hall–Kier alpha value is -2.30. The topological polar surface area (TPSA) is 62.4 Å². The van der Waals surface area contributed by atoms with Crippen molar-refractivity contribution in [2.45, 2.75) is 31.7 Å². The number of ether oxygens (including phenoxy) is 1. The molecule has 1 amide bonds. The van der Waals surface area contributed by atoms with Crippen LogP contribution in [-0.2, 0) is 20.7 Å². The molecule has 0 aliphatic carbocycles. The number of H-pyrrole nitrogens is 1. The van der Waals surface area contributed by atoms with Crippen molar-refractivity contribution in [3.63, 3.8) is 0 Å². The minimum absolute atomic E-state index is 0.0140. The van der Waals surface area contributed by atoms with Gasteiger partial charge >= 0.3 is 5.97 Å². The van der Waals surface area contributed by atoms with E-state index in [0.717, 1.165) is 29.3 Å². The van der Waals surface area contributed by atoms with E-state index < -0.39 is 6.04 Å². The van der Waals surface area contributed by atoms with E-state index >= 15 is 0 Å². The van der Waals surface area contributed by atoms with Gasteiger partial charge in [0.25, 0.3) is 0 Å². The summed E-state index contributed by atoms with van der Waals surface area (Å²) in [6.45, 7) is 0.626. The van der Waals surface area contributed by atoms with E-state index in [1.54, 1.807) is 4.90 Å². The molecule has 1 N–H and O–H groups in total. The molecule has 1 aliphatic rings. The molecule has 5 heteroatoms. The molecule has 1 fully saturated rings. The van der Waals surface area contributed by atoms with Gasteiger partial charge in [0.1, 0.15) is 6.04 Å². The van der Waals surface area contributed by atoms with Crippen LogP contribution in [0.15, 0.2) is 30.5 Å². The maximum atomic E-state index is 12.6. The molecule has 0 bridgehead atoms. The zero-order chi connectivity index (χ0) is 15.5. The molecule has 5 nitrogen and oxygen atoms in total. The summed E-state index contributed by atoms with van der Waals surface area (Å²) in [6.07, 6.45) is 4.76. The lowest BCUT2D eigenvalue weighted by atomic mass is 10.0. The highest BCUT2D eigenvalue weighted by Crippen LogP contribution is 2.22. The lowest BCUT2D eigenvalue weighted by Gasteiger charge is -2.33. The summed E-state index contributed by atoms with van der Waals surface area (Å²) in [5, 5.41) is 1.06. The minimum atomic E-state index is -0.434. The number of hydrogen-bond donors (Lipinski definition) is 1. The van der Waals surface area contributed by atoms with E-state index in [2.05, 4.69) is 4.98 Å². The van der Waals surface area contributed by atoms with Crippen LogP contribution in [0.2, 0.25) is 0 Å². The Bertz CT molecular complexity index is 692. The smallest absolute Gasteiger partial charge is 0.328 e. The quantitative estimate of drug-likeness (QED) is 0.884. The fourth-order valence-corrected chi connectivity index (χ4v) is 3.15. The molecule has 1 aliphatic heterocycles. The highest BCUT2D eigenvalue weighted by molar-refractivity contribution is 5.91. The summed E-state index contributed by atoms with van der Waals surface area (Å²) in [6, 6.07) is 7.48. The summed E-state index contributed by atoms with van der Waals surface area (Å²) >= 11 is 0. The summed E-state index contributed by atoms with van der Waals surface area (Å²) in [5.41, 5.74) is 1.99. The molecule has 2 aromatic rings. The van der Waals surface area contributed by atoms with Gasteiger partial charge in [-0.3, -0.25) is 4.79 Å². The van der Waals surface area contributed by atoms with Crippen LogP contribution in [0.4, 0.5) is 0 Å². The number of para-hydroxylation sites is 1. The monoisotopic (exact) mass is 300 g/mol. The molecule has 0 radical (unpaired) electrons. The maximum Gasteiger partial charge on any atom is 0.328 e. The average Bonchev–Trinajstić information content (AvgIpc) is 2.97.